The molecular formula is C17H30N2O2. The van der Waals surface area contributed by atoms with Crippen LogP contribution in [0.2, 0.25) is 0 Å². The first kappa shape index (κ1) is 15.3. The number of rotatable bonds is 4. The summed E-state index contributed by atoms with van der Waals surface area (Å²) in [5, 5.41) is 9.20. The predicted molar refractivity (Wildman–Crippen MR) is 83.4 cm³/mol. The van der Waals surface area contributed by atoms with Crippen LogP contribution in [0.25, 0.3) is 0 Å². The van der Waals surface area contributed by atoms with Crippen molar-refractivity contribution in [2.75, 3.05) is 26.7 Å². The van der Waals surface area contributed by atoms with E-state index in [0.717, 1.165) is 37.9 Å². The second-order valence-corrected chi connectivity index (χ2v) is 7.52. The van der Waals surface area contributed by atoms with Crippen molar-refractivity contribution >= 4 is 5.97 Å². The van der Waals surface area contributed by atoms with Crippen molar-refractivity contribution in [3.8, 4) is 0 Å². The lowest BCUT2D eigenvalue weighted by molar-refractivity contribution is -0.143. The highest BCUT2D eigenvalue weighted by Crippen LogP contribution is 2.43. The van der Waals surface area contributed by atoms with E-state index >= 15 is 0 Å². The molecule has 1 saturated carbocycles. The van der Waals surface area contributed by atoms with Crippen LogP contribution in [-0.2, 0) is 4.79 Å². The van der Waals surface area contributed by atoms with Crippen molar-refractivity contribution in [3.05, 3.63) is 0 Å². The Hall–Kier alpha value is -0.610. The fraction of sp³-hybridized carbons (Fsp3) is 0.941. The van der Waals surface area contributed by atoms with E-state index in [1.807, 2.05) is 0 Å². The van der Waals surface area contributed by atoms with Crippen LogP contribution in [0.3, 0.4) is 0 Å². The van der Waals surface area contributed by atoms with Gasteiger partial charge in [-0.3, -0.25) is 9.69 Å². The Morgan fingerprint density at radius 3 is 2.33 bits per heavy atom. The highest BCUT2D eigenvalue weighted by molar-refractivity contribution is 5.68. The van der Waals surface area contributed by atoms with Gasteiger partial charge in [0.05, 0.1) is 6.42 Å². The van der Waals surface area contributed by atoms with E-state index in [1.54, 1.807) is 0 Å². The molecule has 4 heteroatoms. The van der Waals surface area contributed by atoms with Gasteiger partial charge in [0, 0.05) is 11.6 Å². The molecule has 0 aromatic carbocycles. The van der Waals surface area contributed by atoms with E-state index in [9.17, 15) is 9.90 Å². The molecule has 1 N–H and O–H groups in total. The first-order valence-corrected chi connectivity index (χ1v) is 8.78. The quantitative estimate of drug-likeness (QED) is 0.865. The van der Waals surface area contributed by atoms with Crippen LogP contribution < -0.4 is 0 Å². The van der Waals surface area contributed by atoms with E-state index in [1.165, 1.54) is 45.1 Å². The average Bonchev–Trinajstić information content (AvgIpc) is 2.44. The third-order valence-corrected chi connectivity index (χ3v) is 6.35. The van der Waals surface area contributed by atoms with E-state index in [0.29, 0.717) is 6.42 Å². The monoisotopic (exact) mass is 294 g/mol. The molecule has 1 atom stereocenters. The van der Waals surface area contributed by atoms with E-state index in [2.05, 4.69) is 16.8 Å². The Morgan fingerprint density at radius 2 is 1.81 bits per heavy atom. The summed E-state index contributed by atoms with van der Waals surface area (Å²) < 4.78 is 0. The van der Waals surface area contributed by atoms with Crippen LogP contribution >= 0.6 is 0 Å². The minimum Gasteiger partial charge on any atom is -0.481 e. The zero-order valence-electron chi connectivity index (χ0n) is 13.4. The fourth-order valence-corrected chi connectivity index (χ4v) is 4.93. The molecule has 0 amide bonds. The number of aliphatic carboxylic acids is 1. The Labute approximate surface area is 128 Å². The van der Waals surface area contributed by atoms with Gasteiger partial charge in [-0.15, -0.1) is 0 Å². The smallest absolute Gasteiger partial charge is 0.305 e. The lowest BCUT2D eigenvalue weighted by atomic mass is 9.71. The van der Waals surface area contributed by atoms with Gasteiger partial charge in [-0.05, 0) is 77.5 Å². The molecule has 21 heavy (non-hydrogen) atoms. The number of likely N-dealkylation sites (tertiary alicyclic amines) is 2. The van der Waals surface area contributed by atoms with Crippen molar-refractivity contribution in [2.45, 2.75) is 69.4 Å². The highest BCUT2D eigenvalue weighted by Gasteiger charge is 2.45. The van der Waals surface area contributed by atoms with Gasteiger partial charge in [0.25, 0.3) is 0 Å². The highest BCUT2D eigenvalue weighted by atomic mass is 16.4. The number of hydrogen-bond acceptors (Lipinski definition) is 3. The summed E-state index contributed by atoms with van der Waals surface area (Å²) in [5.41, 5.74) is 0.00920. The maximum absolute atomic E-state index is 11.2. The number of carboxylic acids is 1. The zero-order valence-corrected chi connectivity index (χ0v) is 13.4. The SMILES string of the molecule is CN1CCCCC1C1CCN(C2(CC(=O)O)CCC2)CC1. The van der Waals surface area contributed by atoms with Gasteiger partial charge < -0.3 is 10.0 Å². The summed E-state index contributed by atoms with van der Waals surface area (Å²) in [5.74, 6) is 0.206. The summed E-state index contributed by atoms with van der Waals surface area (Å²) in [6.45, 7) is 3.48. The molecule has 3 aliphatic rings. The lowest BCUT2D eigenvalue weighted by Crippen LogP contribution is -2.58. The average molecular weight is 294 g/mol. The minimum atomic E-state index is -0.621. The van der Waals surface area contributed by atoms with Crippen molar-refractivity contribution in [2.24, 2.45) is 5.92 Å². The Bertz CT molecular complexity index is 373. The summed E-state index contributed by atoms with van der Waals surface area (Å²) >= 11 is 0. The Kier molecular flexibility index (Phi) is 4.55. The number of carbonyl (C=O) groups is 1. The second kappa shape index (κ2) is 6.25. The Balaban J connectivity index is 1.56. The molecule has 2 saturated heterocycles. The largest absolute Gasteiger partial charge is 0.481 e. The minimum absolute atomic E-state index is 0.00920. The van der Waals surface area contributed by atoms with Gasteiger partial charge >= 0.3 is 5.97 Å². The van der Waals surface area contributed by atoms with Crippen molar-refractivity contribution in [1.82, 2.24) is 9.80 Å². The Morgan fingerprint density at radius 1 is 1.10 bits per heavy atom. The molecule has 1 unspecified atom stereocenters. The second-order valence-electron chi connectivity index (χ2n) is 7.52. The van der Waals surface area contributed by atoms with Crippen LogP contribution in [-0.4, -0.2) is 59.1 Å². The fourth-order valence-electron chi connectivity index (χ4n) is 4.93. The van der Waals surface area contributed by atoms with Crippen LogP contribution in [0, 0.1) is 5.92 Å². The predicted octanol–water partition coefficient (Wildman–Crippen LogP) is 2.58. The number of piperidine rings is 2. The summed E-state index contributed by atoms with van der Waals surface area (Å²) in [4.78, 5) is 16.3. The molecule has 1 aliphatic carbocycles. The van der Waals surface area contributed by atoms with E-state index in [4.69, 9.17) is 0 Å². The first-order valence-electron chi connectivity index (χ1n) is 8.78. The third kappa shape index (κ3) is 3.11. The number of carboxylic acid groups (broad SMARTS) is 1. The van der Waals surface area contributed by atoms with E-state index in [-0.39, 0.29) is 5.54 Å². The van der Waals surface area contributed by atoms with Crippen LogP contribution in [0.1, 0.15) is 57.8 Å². The van der Waals surface area contributed by atoms with Crippen molar-refractivity contribution in [1.29, 1.82) is 0 Å². The number of nitrogens with zero attached hydrogens (tertiary/aromatic N) is 2. The van der Waals surface area contributed by atoms with E-state index < -0.39 is 5.97 Å². The lowest BCUT2D eigenvalue weighted by Gasteiger charge is -2.53. The van der Waals surface area contributed by atoms with Crippen LogP contribution in [0.5, 0.6) is 0 Å². The van der Waals surface area contributed by atoms with Gasteiger partial charge in [0.2, 0.25) is 0 Å². The molecule has 4 nitrogen and oxygen atoms in total. The number of hydrogen-bond donors (Lipinski definition) is 1. The summed E-state index contributed by atoms with van der Waals surface area (Å²) in [6, 6.07) is 0.776. The van der Waals surface area contributed by atoms with Crippen LogP contribution in [0.15, 0.2) is 0 Å². The maximum atomic E-state index is 11.2. The molecule has 0 aromatic heterocycles. The normalized spacial score (nSPS) is 31.8. The van der Waals surface area contributed by atoms with Gasteiger partial charge in [-0.2, -0.15) is 0 Å². The summed E-state index contributed by atoms with van der Waals surface area (Å²) in [6.07, 6.45) is 10.4. The molecule has 0 radical (unpaired) electrons. The molecule has 2 aliphatic heterocycles. The van der Waals surface area contributed by atoms with Gasteiger partial charge in [-0.1, -0.05) is 6.42 Å². The molecule has 0 aromatic rings. The van der Waals surface area contributed by atoms with Gasteiger partial charge in [0.1, 0.15) is 0 Å². The molecule has 2 heterocycles. The third-order valence-electron chi connectivity index (χ3n) is 6.35. The zero-order chi connectivity index (χ0) is 14.9. The van der Waals surface area contributed by atoms with Crippen LogP contribution in [0.4, 0.5) is 0 Å². The molecular weight excluding hydrogens is 264 g/mol. The first-order chi connectivity index (χ1) is 10.1. The van der Waals surface area contributed by atoms with Gasteiger partial charge in [0.15, 0.2) is 0 Å². The summed E-state index contributed by atoms with van der Waals surface area (Å²) in [7, 11) is 2.29. The molecule has 3 rings (SSSR count). The molecule has 120 valence electrons. The van der Waals surface area contributed by atoms with Gasteiger partial charge in [-0.25, -0.2) is 0 Å². The van der Waals surface area contributed by atoms with Crippen molar-refractivity contribution < 1.29 is 9.90 Å². The molecule has 3 fully saturated rings. The standard InChI is InChI=1S/C17H30N2O2/c1-18-10-3-2-5-15(18)14-6-11-19(12-7-14)17(8-4-9-17)13-16(20)21/h14-15H,2-13H2,1H3,(H,20,21). The molecule has 0 spiro atoms. The topological polar surface area (TPSA) is 43.8 Å². The van der Waals surface area contributed by atoms with Crippen molar-refractivity contribution in [3.63, 3.8) is 0 Å². The molecule has 0 bridgehead atoms. The maximum Gasteiger partial charge on any atom is 0.305 e.